The maximum absolute atomic E-state index is 13.3. The number of allylic oxidation sites excluding steroid dienone is 2. The van der Waals surface area contributed by atoms with Crippen LogP contribution in [-0.2, 0) is 16.1 Å². The van der Waals surface area contributed by atoms with E-state index in [1.54, 1.807) is 0 Å². The highest BCUT2D eigenvalue weighted by atomic mass is 16.5. The molecule has 234 valence electrons. The highest BCUT2D eigenvalue weighted by molar-refractivity contribution is 5.87. The first-order valence-corrected chi connectivity index (χ1v) is 15.5. The van der Waals surface area contributed by atoms with Gasteiger partial charge in [0.05, 0.1) is 18.3 Å². The molecule has 1 amide bonds. The fraction of sp³-hybridized carbons (Fsp3) is 0.205. The second kappa shape index (κ2) is 15.0. The Labute approximate surface area is 269 Å². The van der Waals surface area contributed by atoms with Crippen molar-refractivity contribution < 1.29 is 19.4 Å². The van der Waals surface area contributed by atoms with Crippen molar-refractivity contribution >= 4 is 40.4 Å². The smallest absolute Gasteiger partial charge is 0.303 e. The first-order chi connectivity index (χ1) is 22.3. The van der Waals surface area contributed by atoms with Crippen LogP contribution in [0, 0.1) is 0 Å². The normalized spacial score (nSPS) is 12.4. The quantitative estimate of drug-likeness (QED) is 0.130. The van der Waals surface area contributed by atoms with E-state index in [0.717, 1.165) is 44.3 Å². The Kier molecular flexibility index (Phi) is 10.5. The van der Waals surface area contributed by atoms with Crippen molar-refractivity contribution in [3.05, 3.63) is 126 Å². The van der Waals surface area contributed by atoms with Crippen LogP contribution in [0.5, 0.6) is 5.75 Å². The third kappa shape index (κ3) is 8.18. The largest absolute Gasteiger partial charge is 0.494 e. The van der Waals surface area contributed by atoms with Crippen molar-refractivity contribution in [2.45, 2.75) is 46.2 Å². The Bertz CT molecular complexity index is 1860. The Morgan fingerprint density at radius 2 is 1.63 bits per heavy atom. The predicted molar refractivity (Wildman–Crippen MR) is 185 cm³/mol. The zero-order valence-electron chi connectivity index (χ0n) is 26.4. The van der Waals surface area contributed by atoms with Crippen LogP contribution in [0.25, 0.3) is 39.6 Å². The highest BCUT2D eigenvalue weighted by Gasteiger charge is 2.15. The molecule has 2 N–H and O–H groups in total. The lowest BCUT2D eigenvalue weighted by molar-refractivity contribution is -0.137. The van der Waals surface area contributed by atoms with Crippen LogP contribution in [0.3, 0.4) is 0 Å². The minimum absolute atomic E-state index is 0.0850. The van der Waals surface area contributed by atoms with Gasteiger partial charge in [-0.2, -0.15) is 0 Å². The molecule has 0 aliphatic rings. The number of aromatic nitrogens is 2. The number of nitrogens with one attached hydrogen (secondary N) is 1. The molecule has 1 unspecified atom stereocenters. The van der Waals surface area contributed by atoms with Crippen molar-refractivity contribution in [1.29, 1.82) is 0 Å². The van der Waals surface area contributed by atoms with E-state index >= 15 is 0 Å². The van der Waals surface area contributed by atoms with E-state index in [1.165, 1.54) is 0 Å². The lowest BCUT2D eigenvalue weighted by Gasteiger charge is -2.17. The zero-order chi connectivity index (χ0) is 32.5. The number of amides is 1. The number of ether oxygens (including phenoxy) is 1. The molecule has 0 saturated carbocycles. The van der Waals surface area contributed by atoms with Crippen LogP contribution < -0.4 is 10.1 Å². The minimum atomic E-state index is -0.818. The molecule has 0 aliphatic carbocycles. The molecule has 4 aromatic carbocycles. The Morgan fingerprint density at radius 1 is 0.935 bits per heavy atom. The summed E-state index contributed by atoms with van der Waals surface area (Å²) in [5.41, 5.74) is 6.09. The van der Waals surface area contributed by atoms with Crippen molar-refractivity contribution in [2.24, 2.45) is 0 Å². The van der Waals surface area contributed by atoms with Gasteiger partial charge in [-0.25, -0.2) is 4.98 Å². The maximum atomic E-state index is 13.3. The summed E-state index contributed by atoms with van der Waals surface area (Å²) in [5, 5.41) is 14.2. The molecule has 7 nitrogen and oxygen atoms in total. The van der Waals surface area contributed by atoms with Crippen molar-refractivity contribution in [3.8, 4) is 16.9 Å². The molecular formula is C39H39N3O4. The zero-order valence-corrected chi connectivity index (χ0v) is 26.4. The third-order valence-corrected chi connectivity index (χ3v) is 7.95. The maximum Gasteiger partial charge on any atom is 0.303 e. The molecule has 0 bridgehead atoms. The van der Waals surface area contributed by atoms with E-state index < -0.39 is 5.97 Å². The second-order valence-corrected chi connectivity index (χ2v) is 11.3. The molecule has 0 spiro atoms. The SMILES string of the molecule is C/C=C(\C)c1cn(CC(=O)NC(C)c2cccc3ccccc23)c(/C=C/c2ccc(-c3ccc(OCCCC(=O)O)cc3)cc2)n1. The van der Waals surface area contributed by atoms with Crippen LogP contribution in [0.1, 0.15) is 62.3 Å². The number of benzene rings is 4. The number of fused-ring (bicyclic) bond motifs is 1. The van der Waals surface area contributed by atoms with Gasteiger partial charge in [0.15, 0.2) is 0 Å². The number of carbonyl (C=O) groups is 2. The van der Waals surface area contributed by atoms with Crippen LogP contribution >= 0.6 is 0 Å². The van der Waals surface area contributed by atoms with Crippen LogP contribution in [0.4, 0.5) is 0 Å². The van der Waals surface area contributed by atoms with E-state index in [4.69, 9.17) is 14.8 Å². The van der Waals surface area contributed by atoms with Crippen LogP contribution in [-0.4, -0.2) is 33.1 Å². The summed E-state index contributed by atoms with van der Waals surface area (Å²) in [6.45, 7) is 6.53. The van der Waals surface area contributed by atoms with Gasteiger partial charge < -0.3 is 19.7 Å². The molecule has 0 aliphatic heterocycles. The second-order valence-electron chi connectivity index (χ2n) is 11.3. The standard InChI is InChI=1S/C39H39N3O4/c1-4-27(2)36-25-42(26-38(43)40-28(3)34-12-7-10-32-9-5-6-11-35(32)34)37(41-36)23-16-29-14-17-30(18-15-29)31-19-21-33(22-20-31)46-24-8-13-39(44)45/h4-7,9-12,14-23,25,28H,8,13,24,26H2,1-3H3,(H,40,43)(H,44,45)/b23-16+,27-4+. The van der Waals surface area contributed by atoms with E-state index in [0.29, 0.717) is 24.6 Å². The summed E-state index contributed by atoms with van der Waals surface area (Å²) in [7, 11) is 0. The molecule has 0 fully saturated rings. The third-order valence-electron chi connectivity index (χ3n) is 7.95. The van der Waals surface area contributed by atoms with Crippen LogP contribution in [0.2, 0.25) is 0 Å². The molecule has 0 saturated heterocycles. The topological polar surface area (TPSA) is 93.5 Å². The summed E-state index contributed by atoms with van der Waals surface area (Å²) in [6, 6.07) is 30.2. The van der Waals surface area contributed by atoms with Gasteiger partial charge in [0, 0.05) is 12.6 Å². The lowest BCUT2D eigenvalue weighted by atomic mass is 10.00. The summed E-state index contributed by atoms with van der Waals surface area (Å²) >= 11 is 0. The average molecular weight is 614 g/mol. The summed E-state index contributed by atoms with van der Waals surface area (Å²) in [6.07, 6.45) is 8.46. The van der Waals surface area contributed by atoms with E-state index in [2.05, 4.69) is 41.7 Å². The Morgan fingerprint density at radius 3 is 2.35 bits per heavy atom. The Balaban J connectivity index is 1.26. The molecule has 1 aromatic heterocycles. The van der Waals surface area contributed by atoms with Gasteiger partial charge in [-0.1, -0.05) is 91.0 Å². The first-order valence-electron chi connectivity index (χ1n) is 15.5. The lowest BCUT2D eigenvalue weighted by Crippen LogP contribution is -2.30. The molecule has 0 radical (unpaired) electrons. The monoisotopic (exact) mass is 613 g/mol. The fourth-order valence-electron chi connectivity index (χ4n) is 5.29. The number of hydrogen-bond acceptors (Lipinski definition) is 4. The summed E-state index contributed by atoms with van der Waals surface area (Å²) in [5.74, 6) is 0.514. The van der Waals surface area contributed by atoms with Gasteiger partial charge in [0.1, 0.15) is 18.1 Å². The molecular weight excluding hydrogens is 574 g/mol. The van der Waals surface area contributed by atoms with Crippen LogP contribution in [0.15, 0.2) is 103 Å². The first kappa shape index (κ1) is 32.0. The fourth-order valence-corrected chi connectivity index (χ4v) is 5.29. The van der Waals surface area contributed by atoms with Crippen molar-refractivity contribution in [3.63, 3.8) is 0 Å². The summed E-state index contributed by atoms with van der Waals surface area (Å²) < 4.78 is 7.54. The Hall–Kier alpha value is -5.43. The number of carboxylic acid groups (broad SMARTS) is 1. The number of hydrogen-bond donors (Lipinski definition) is 2. The van der Waals surface area contributed by atoms with Gasteiger partial charge in [0.25, 0.3) is 0 Å². The van der Waals surface area contributed by atoms with E-state index in [9.17, 15) is 9.59 Å². The molecule has 7 heteroatoms. The predicted octanol–water partition coefficient (Wildman–Crippen LogP) is 8.42. The van der Waals surface area contributed by atoms with Crippen molar-refractivity contribution in [1.82, 2.24) is 14.9 Å². The molecule has 1 heterocycles. The van der Waals surface area contributed by atoms with E-state index in [-0.39, 0.29) is 24.9 Å². The highest BCUT2D eigenvalue weighted by Crippen LogP contribution is 2.25. The molecule has 5 aromatic rings. The van der Waals surface area contributed by atoms with Gasteiger partial charge >= 0.3 is 5.97 Å². The minimum Gasteiger partial charge on any atom is -0.494 e. The number of carboxylic acids is 1. The molecule has 5 rings (SSSR count). The molecule has 1 atom stereocenters. The van der Waals surface area contributed by atoms with Gasteiger partial charge in [-0.05, 0) is 84.0 Å². The van der Waals surface area contributed by atoms with E-state index in [1.807, 2.05) is 104 Å². The number of carbonyl (C=O) groups excluding carboxylic acids is 1. The summed E-state index contributed by atoms with van der Waals surface area (Å²) in [4.78, 5) is 28.7. The van der Waals surface area contributed by atoms with Crippen molar-refractivity contribution in [2.75, 3.05) is 6.61 Å². The number of aliphatic carboxylic acids is 1. The molecule has 46 heavy (non-hydrogen) atoms. The van der Waals surface area contributed by atoms with Gasteiger partial charge in [0.2, 0.25) is 5.91 Å². The number of rotatable bonds is 13. The van der Waals surface area contributed by atoms with Gasteiger partial charge in [-0.15, -0.1) is 0 Å². The average Bonchev–Trinajstić information content (AvgIpc) is 3.47. The number of imidazole rings is 1. The van der Waals surface area contributed by atoms with Gasteiger partial charge in [-0.3, -0.25) is 9.59 Å². The number of nitrogens with zero attached hydrogens (tertiary/aromatic N) is 2.